The fraction of sp³-hybridized carbons (Fsp3) is 0.636. The number of benzene rings is 2. The maximum Gasteiger partial charge on any atom is 0.494 e. The Morgan fingerprint density at radius 1 is 0.725 bits per heavy atom. The Kier molecular flexibility index (Phi) is 8.02. The van der Waals surface area contributed by atoms with E-state index in [2.05, 4.69) is 103 Å². The lowest BCUT2D eigenvalue weighted by Gasteiger charge is -2.48. The zero-order chi connectivity index (χ0) is 28.9. The van der Waals surface area contributed by atoms with Gasteiger partial charge in [0, 0.05) is 28.4 Å². The fourth-order valence-corrected chi connectivity index (χ4v) is 5.73. The number of fused-ring (bicyclic) bond motifs is 3. The molecule has 2 aliphatic rings. The molecule has 5 rings (SSSR count). The summed E-state index contributed by atoms with van der Waals surface area (Å²) >= 11 is 0. The molecule has 1 unspecified atom stereocenters. The minimum absolute atomic E-state index is 0.215. The average molecular weight is 544 g/mol. The normalized spacial score (nSPS) is 23.1. The molecule has 3 aromatic rings. The Morgan fingerprint density at radius 2 is 1.32 bits per heavy atom. The van der Waals surface area contributed by atoms with Crippen molar-refractivity contribution in [2.45, 2.75) is 136 Å². The SMILES string of the molecule is CCCCCCCCn1c2cc(B3OC(C)(C)C(C)(C)O3)ccc2c2ccc(C3[B]OC(C)(C)C(C)(C)O3)cc21. The van der Waals surface area contributed by atoms with Crippen molar-refractivity contribution in [1.82, 2.24) is 4.57 Å². The van der Waals surface area contributed by atoms with Gasteiger partial charge in [0.2, 0.25) is 0 Å². The van der Waals surface area contributed by atoms with Crippen molar-refractivity contribution in [3.05, 3.63) is 42.0 Å². The Bertz CT molecular complexity index is 1340. The summed E-state index contributed by atoms with van der Waals surface area (Å²) in [6.45, 7) is 20.1. The molecule has 0 spiro atoms. The first-order valence-electron chi connectivity index (χ1n) is 15.4. The van der Waals surface area contributed by atoms with Gasteiger partial charge in [-0.05, 0) is 85.0 Å². The monoisotopic (exact) mass is 544 g/mol. The van der Waals surface area contributed by atoms with Gasteiger partial charge in [-0.15, -0.1) is 0 Å². The smallest absolute Gasteiger partial charge is 0.429 e. The molecule has 2 aliphatic heterocycles. The third-order valence-corrected chi connectivity index (χ3v) is 9.86. The van der Waals surface area contributed by atoms with Crippen LogP contribution < -0.4 is 5.46 Å². The molecule has 1 aromatic heterocycles. The van der Waals surface area contributed by atoms with Crippen LogP contribution in [0, 0.1) is 0 Å². The van der Waals surface area contributed by atoms with Gasteiger partial charge in [0.15, 0.2) is 0 Å². The summed E-state index contributed by atoms with van der Waals surface area (Å²) in [6.07, 6.45) is 7.61. The Labute approximate surface area is 242 Å². The van der Waals surface area contributed by atoms with Crippen LogP contribution in [-0.2, 0) is 25.2 Å². The summed E-state index contributed by atoms with van der Waals surface area (Å²) < 4.78 is 28.1. The van der Waals surface area contributed by atoms with Crippen LogP contribution in [0.25, 0.3) is 21.8 Å². The summed E-state index contributed by atoms with van der Waals surface area (Å²) in [5.41, 5.74) is 3.13. The van der Waals surface area contributed by atoms with Crippen LogP contribution in [0.3, 0.4) is 0 Å². The average Bonchev–Trinajstić information content (AvgIpc) is 3.31. The van der Waals surface area contributed by atoms with Gasteiger partial charge in [-0.3, -0.25) is 0 Å². The largest absolute Gasteiger partial charge is 0.494 e. The molecule has 0 N–H and O–H groups in total. The van der Waals surface area contributed by atoms with Crippen molar-refractivity contribution in [2.75, 3.05) is 0 Å². The zero-order valence-electron chi connectivity index (χ0n) is 26.2. The number of hydrogen-bond donors (Lipinski definition) is 0. The molecule has 0 bridgehead atoms. The lowest BCUT2D eigenvalue weighted by atomic mass is 9.76. The molecule has 2 saturated heterocycles. The van der Waals surface area contributed by atoms with Gasteiger partial charge in [0.25, 0.3) is 0 Å². The first-order valence-corrected chi connectivity index (χ1v) is 15.4. The van der Waals surface area contributed by atoms with Gasteiger partial charge >= 0.3 is 14.6 Å². The van der Waals surface area contributed by atoms with Gasteiger partial charge in [-0.25, -0.2) is 0 Å². The van der Waals surface area contributed by atoms with Crippen LogP contribution in [0.1, 0.15) is 112 Å². The van der Waals surface area contributed by atoms with Crippen LogP contribution in [0.4, 0.5) is 0 Å². The standard InChI is InChI=1S/C33H48B2NO4/c1-10-11-12-13-14-15-20-36-27-21-23(29-34-38-31(4,5)30(2,3)37-29)16-18-25(27)26-19-17-24(22-28(26)36)35-39-32(6,7)33(8,9)40-35/h16-19,21-22,29H,10-15,20H2,1-9H3. The quantitative estimate of drug-likeness (QED) is 0.205. The summed E-state index contributed by atoms with van der Waals surface area (Å²) in [5.74, 6) is 0. The van der Waals surface area contributed by atoms with E-state index >= 15 is 0 Å². The molecule has 0 saturated carbocycles. The number of aromatic nitrogens is 1. The van der Waals surface area contributed by atoms with E-state index < -0.39 is 5.60 Å². The number of hydrogen-bond acceptors (Lipinski definition) is 4. The molecule has 2 fully saturated rings. The van der Waals surface area contributed by atoms with E-state index in [4.69, 9.17) is 18.7 Å². The highest BCUT2D eigenvalue weighted by Gasteiger charge is 2.52. The number of ether oxygens (including phenoxy) is 1. The highest BCUT2D eigenvalue weighted by molar-refractivity contribution is 6.62. The lowest BCUT2D eigenvalue weighted by molar-refractivity contribution is -0.178. The van der Waals surface area contributed by atoms with E-state index in [1.165, 1.54) is 53.9 Å². The molecule has 215 valence electrons. The van der Waals surface area contributed by atoms with Crippen LogP contribution in [0.15, 0.2) is 36.4 Å². The summed E-state index contributed by atoms with van der Waals surface area (Å²) in [6, 6.07) is 13.2. The molecule has 3 heterocycles. The number of unbranched alkanes of at least 4 members (excludes halogenated alkanes) is 5. The van der Waals surface area contributed by atoms with Crippen LogP contribution in [-0.4, -0.2) is 41.6 Å². The predicted octanol–water partition coefficient (Wildman–Crippen LogP) is 7.68. The van der Waals surface area contributed by atoms with Crippen molar-refractivity contribution < 1.29 is 18.7 Å². The second-order valence-corrected chi connectivity index (χ2v) is 13.9. The molecule has 1 atom stereocenters. The minimum Gasteiger partial charge on any atom is -0.429 e. The summed E-state index contributed by atoms with van der Waals surface area (Å²) in [5, 5.41) is 2.53. The Morgan fingerprint density at radius 3 is 1.98 bits per heavy atom. The molecular formula is C33H48B2NO4. The lowest BCUT2D eigenvalue weighted by Crippen LogP contribution is -2.55. The number of aryl methyl sites for hydroxylation is 1. The highest BCUT2D eigenvalue weighted by Crippen LogP contribution is 2.41. The molecule has 7 heteroatoms. The van der Waals surface area contributed by atoms with Crippen molar-refractivity contribution in [2.24, 2.45) is 0 Å². The van der Waals surface area contributed by atoms with Gasteiger partial charge in [-0.2, -0.15) is 0 Å². The molecule has 40 heavy (non-hydrogen) atoms. The van der Waals surface area contributed by atoms with Crippen LogP contribution >= 0.6 is 0 Å². The first kappa shape index (κ1) is 29.7. The minimum atomic E-state index is -0.412. The van der Waals surface area contributed by atoms with Crippen LogP contribution in [0.2, 0.25) is 0 Å². The fourth-order valence-electron chi connectivity index (χ4n) is 5.73. The van der Waals surface area contributed by atoms with E-state index in [0.717, 1.165) is 24.0 Å². The maximum atomic E-state index is 6.58. The summed E-state index contributed by atoms with van der Waals surface area (Å²) in [7, 11) is 1.49. The first-order chi connectivity index (χ1) is 18.8. The molecule has 1 radical (unpaired) electrons. The maximum absolute atomic E-state index is 6.58. The van der Waals surface area contributed by atoms with Gasteiger partial charge in [-0.1, -0.05) is 63.3 Å². The van der Waals surface area contributed by atoms with E-state index in [1.54, 1.807) is 0 Å². The molecule has 0 amide bonds. The third-order valence-electron chi connectivity index (χ3n) is 9.86. The number of rotatable bonds is 9. The number of nitrogens with zero attached hydrogens (tertiary/aromatic N) is 1. The molecule has 2 aromatic carbocycles. The van der Waals surface area contributed by atoms with Gasteiger partial charge < -0.3 is 23.3 Å². The van der Waals surface area contributed by atoms with E-state index in [0.29, 0.717) is 0 Å². The third kappa shape index (κ3) is 5.40. The molecule has 0 aliphatic carbocycles. The molecule has 5 nitrogen and oxygen atoms in total. The van der Waals surface area contributed by atoms with Crippen LogP contribution in [0.5, 0.6) is 0 Å². The van der Waals surface area contributed by atoms with Crippen molar-refractivity contribution in [3.8, 4) is 0 Å². The topological polar surface area (TPSA) is 41.9 Å². The highest BCUT2D eigenvalue weighted by atomic mass is 16.7. The molecular weight excluding hydrogens is 496 g/mol. The van der Waals surface area contributed by atoms with Crippen molar-refractivity contribution in [1.29, 1.82) is 0 Å². The zero-order valence-corrected chi connectivity index (χ0v) is 26.2. The predicted molar refractivity (Wildman–Crippen MR) is 167 cm³/mol. The van der Waals surface area contributed by atoms with Gasteiger partial charge in [0.05, 0.1) is 28.4 Å². The second kappa shape index (κ2) is 10.8. The van der Waals surface area contributed by atoms with Gasteiger partial charge in [0.1, 0.15) is 0 Å². The Balaban J connectivity index is 1.52. The Hall–Kier alpha value is -1.79. The van der Waals surface area contributed by atoms with E-state index in [-0.39, 0.29) is 29.9 Å². The van der Waals surface area contributed by atoms with Crippen molar-refractivity contribution in [3.63, 3.8) is 0 Å². The van der Waals surface area contributed by atoms with E-state index in [9.17, 15) is 0 Å². The van der Waals surface area contributed by atoms with E-state index in [1.807, 2.05) is 7.48 Å². The van der Waals surface area contributed by atoms with Crippen molar-refractivity contribution >= 4 is 41.9 Å². The second-order valence-electron chi connectivity index (χ2n) is 13.9. The summed E-state index contributed by atoms with van der Waals surface area (Å²) in [4.78, 5) is 0.